The van der Waals surface area contributed by atoms with Crippen molar-refractivity contribution in [1.82, 2.24) is 14.9 Å². The minimum atomic E-state index is -0.856. The Hall–Kier alpha value is -4.56. The van der Waals surface area contributed by atoms with E-state index < -0.39 is 30.1 Å². The van der Waals surface area contributed by atoms with Crippen molar-refractivity contribution in [3.8, 4) is 0 Å². The number of pyridine rings is 1. The van der Waals surface area contributed by atoms with Crippen LogP contribution in [-0.4, -0.2) is 55.7 Å². The second-order valence-electron chi connectivity index (χ2n) is 9.05. The van der Waals surface area contributed by atoms with Crippen molar-refractivity contribution in [2.45, 2.75) is 19.4 Å². The maximum Gasteiger partial charge on any atom is 0.295 e. The van der Waals surface area contributed by atoms with Crippen molar-refractivity contribution >= 4 is 34.1 Å². The van der Waals surface area contributed by atoms with Crippen molar-refractivity contribution in [3.05, 3.63) is 107 Å². The lowest BCUT2D eigenvalue weighted by molar-refractivity contribution is -0.139. The first-order valence-electron chi connectivity index (χ1n) is 11.9. The number of benzene rings is 2. The van der Waals surface area contributed by atoms with E-state index in [-0.39, 0.29) is 17.9 Å². The first-order chi connectivity index (χ1) is 17.9. The summed E-state index contributed by atoms with van der Waals surface area (Å²) in [6.07, 6.45) is 5.37. The zero-order valence-corrected chi connectivity index (χ0v) is 20.1. The number of aromatic nitrogens is 2. The van der Waals surface area contributed by atoms with Gasteiger partial charge in [0.1, 0.15) is 12.4 Å². The van der Waals surface area contributed by atoms with E-state index in [2.05, 4.69) is 9.97 Å². The molecule has 3 N–H and O–H groups in total. The number of aryl methyl sites for hydroxylation is 1. The molecule has 0 aliphatic carbocycles. The van der Waals surface area contributed by atoms with Gasteiger partial charge in [-0.05, 0) is 48.2 Å². The SMILES string of the molecule is Cc1ccc2c(CCN3C(=O)C(=O)C(=C(O)c4cccnc4)C3c3ccc(C(=O)CO)cc3)c[nH]c2c1. The number of aliphatic hydroxyl groups is 2. The molecule has 8 nitrogen and oxygen atoms in total. The number of fused-ring (bicyclic) bond motifs is 1. The van der Waals surface area contributed by atoms with Gasteiger partial charge in [0.2, 0.25) is 0 Å². The van der Waals surface area contributed by atoms with Gasteiger partial charge >= 0.3 is 0 Å². The van der Waals surface area contributed by atoms with Crippen LogP contribution in [0, 0.1) is 6.92 Å². The molecule has 1 atom stereocenters. The van der Waals surface area contributed by atoms with Gasteiger partial charge in [-0.25, -0.2) is 0 Å². The molecule has 3 heterocycles. The van der Waals surface area contributed by atoms with Gasteiger partial charge < -0.3 is 20.1 Å². The molecule has 1 amide bonds. The lowest BCUT2D eigenvalue weighted by Gasteiger charge is -2.25. The fraction of sp³-hybridized carbons (Fsp3) is 0.172. The minimum Gasteiger partial charge on any atom is -0.507 e. The Morgan fingerprint density at radius 3 is 2.57 bits per heavy atom. The van der Waals surface area contributed by atoms with E-state index >= 15 is 0 Å². The number of hydrogen-bond acceptors (Lipinski definition) is 6. The molecule has 0 radical (unpaired) electrons. The molecule has 8 heteroatoms. The maximum absolute atomic E-state index is 13.2. The highest BCUT2D eigenvalue weighted by Gasteiger charge is 2.46. The summed E-state index contributed by atoms with van der Waals surface area (Å²) >= 11 is 0. The summed E-state index contributed by atoms with van der Waals surface area (Å²) < 4.78 is 0. The molecular formula is C29H25N3O5. The van der Waals surface area contributed by atoms with E-state index in [0.29, 0.717) is 23.1 Å². The lowest BCUT2D eigenvalue weighted by atomic mass is 9.94. The van der Waals surface area contributed by atoms with E-state index in [1.807, 2.05) is 31.3 Å². The predicted octanol–water partition coefficient (Wildman–Crippen LogP) is 3.71. The monoisotopic (exact) mass is 495 g/mol. The largest absolute Gasteiger partial charge is 0.507 e. The van der Waals surface area contributed by atoms with Gasteiger partial charge in [0.05, 0.1) is 11.6 Å². The average molecular weight is 496 g/mol. The number of Topliss-reactive ketones (excluding diaryl/α,β-unsaturated/α-hetero) is 2. The summed E-state index contributed by atoms with van der Waals surface area (Å²) in [4.78, 5) is 47.1. The number of aliphatic hydroxyl groups excluding tert-OH is 2. The minimum absolute atomic E-state index is 0.0335. The number of amides is 1. The number of ketones is 2. The molecule has 186 valence electrons. The van der Waals surface area contributed by atoms with Crippen LogP contribution in [0.4, 0.5) is 0 Å². The Kier molecular flexibility index (Phi) is 6.42. The van der Waals surface area contributed by atoms with E-state index in [1.165, 1.54) is 11.1 Å². The number of nitrogens with one attached hydrogen (secondary N) is 1. The first-order valence-corrected chi connectivity index (χ1v) is 11.9. The highest BCUT2D eigenvalue weighted by molar-refractivity contribution is 6.46. The summed E-state index contributed by atoms with van der Waals surface area (Å²) in [6.45, 7) is 1.63. The van der Waals surface area contributed by atoms with Crippen LogP contribution in [0.1, 0.15) is 38.7 Å². The van der Waals surface area contributed by atoms with Gasteiger partial charge in [0.15, 0.2) is 5.78 Å². The molecular weight excluding hydrogens is 470 g/mol. The normalized spacial score (nSPS) is 17.0. The summed E-state index contributed by atoms with van der Waals surface area (Å²) in [5.41, 5.74) is 4.29. The highest BCUT2D eigenvalue weighted by Crippen LogP contribution is 2.39. The van der Waals surface area contributed by atoms with Crippen molar-refractivity contribution < 1.29 is 24.6 Å². The van der Waals surface area contributed by atoms with Gasteiger partial charge in [-0.1, -0.05) is 36.4 Å². The van der Waals surface area contributed by atoms with Crippen molar-refractivity contribution in [1.29, 1.82) is 0 Å². The Balaban J connectivity index is 1.55. The number of likely N-dealkylation sites (tertiary alicyclic amines) is 1. The van der Waals surface area contributed by atoms with Gasteiger partial charge in [0, 0.05) is 47.2 Å². The lowest BCUT2D eigenvalue weighted by Crippen LogP contribution is -2.31. The van der Waals surface area contributed by atoms with Crippen molar-refractivity contribution in [2.24, 2.45) is 0 Å². The average Bonchev–Trinajstić information content (AvgIpc) is 3.44. The molecule has 1 aliphatic rings. The predicted molar refractivity (Wildman–Crippen MR) is 138 cm³/mol. The molecule has 4 aromatic rings. The molecule has 0 saturated carbocycles. The number of hydrogen-bond donors (Lipinski definition) is 3. The Labute approximate surface area is 212 Å². The number of carbonyl (C=O) groups excluding carboxylic acids is 3. The van der Waals surface area contributed by atoms with Crippen LogP contribution in [0.3, 0.4) is 0 Å². The molecule has 1 saturated heterocycles. The fourth-order valence-electron chi connectivity index (χ4n) is 4.81. The third-order valence-electron chi connectivity index (χ3n) is 6.71. The van der Waals surface area contributed by atoms with E-state index in [1.54, 1.807) is 42.6 Å². The summed E-state index contributed by atoms with van der Waals surface area (Å²) in [7, 11) is 0. The number of aromatic amines is 1. The zero-order valence-electron chi connectivity index (χ0n) is 20.1. The second-order valence-corrected chi connectivity index (χ2v) is 9.05. The maximum atomic E-state index is 13.2. The van der Waals surface area contributed by atoms with Crippen LogP contribution < -0.4 is 0 Å². The molecule has 37 heavy (non-hydrogen) atoms. The fourth-order valence-corrected chi connectivity index (χ4v) is 4.81. The standard InChI is InChI=1S/C29H25N3O5/c1-17-4-9-22-20(15-31-23(22)13-17)10-12-32-26(19-7-5-18(6-8-19)24(34)16-33)25(28(36)29(32)37)27(35)21-3-2-11-30-14-21/h2-9,11,13-15,26,31,33,35H,10,12,16H2,1H3. The van der Waals surface area contributed by atoms with Crippen LogP contribution in [0.5, 0.6) is 0 Å². The Bertz CT molecular complexity index is 1540. The molecule has 0 bridgehead atoms. The second kappa shape index (κ2) is 9.83. The Morgan fingerprint density at radius 1 is 1.08 bits per heavy atom. The van der Waals surface area contributed by atoms with Gasteiger partial charge in [-0.2, -0.15) is 0 Å². The van der Waals surface area contributed by atoms with Crippen LogP contribution in [-0.2, 0) is 16.0 Å². The molecule has 1 unspecified atom stereocenters. The highest BCUT2D eigenvalue weighted by atomic mass is 16.3. The van der Waals surface area contributed by atoms with Crippen LogP contribution in [0.25, 0.3) is 16.7 Å². The first kappa shape index (κ1) is 24.1. The van der Waals surface area contributed by atoms with Gasteiger partial charge in [-0.3, -0.25) is 19.4 Å². The third kappa shape index (κ3) is 4.43. The smallest absolute Gasteiger partial charge is 0.295 e. The topological polar surface area (TPSA) is 124 Å². The number of carbonyl (C=O) groups is 3. The summed E-state index contributed by atoms with van der Waals surface area (Å²) in [6, 6.07) is 14.9. The van der Waals surface area contributed by atoms with E-state index in [0.717, 1.165) is 22.0 Å². The molecule has 2 aromatic carbocycles. The number of rotatable bonds is 7. The van der Waals surface area contributed by atoms with Crippen molar-refractivity contribution in [3.63, 3.8) is 0 Å². The Morgan fingerprint density at radius 2 is 1.86 bits per heavy atom. The van der Waals surface area contributed by atoms with Crippen LogP contribution in [0.2, 0.25) is 0 Å². The quantitative estimate of drug-likeness (QED) is 0.155. The molecule has 0 spiro atoms. The molecule has 2 aromatic heterocycles. The molecule has 5 rings (SSSR count). The number of H-pyrrole nitrogens is 1. The molecule has 1 fully saturated rings. The van der Waals surface area contributed by atoms with Crippen molar-refractivity contribution in [2.75, 3.05) is 13.2 Å². The van der Waals surface area contributed by atoms with Crippen LogP contribution in [0.15, 0.2) is 78.8 Å². The summed E-state index contributed by atoms with van der Waals surface area (Å²) in [5.74, 6) is -2.24. The zero-order chi connectivity index (χ0) is 26.1. The van der Waals surface area contributed by atoms with E-state index in [9.17, 15) is 24.6 Å². The van der Waals surface area contributed by atoms with E-state index in [4.69, 9.17) is 0 Å². The summed E-state index contributed by atoms with van der Waals surface area (Å²) in [5, 5.41) is 21.3. The number of nitrogens with zero attached hydrogens (tertiary/aromatic N) is 2. The molecule has 1 aliphatic heterocycles. The third-order valence-corrected chi connectivity index (χ3v) is 6.71. The van der Waals surface area contributed by atoms with Gasteiger partial charge in [0.25, 0.3) is 11.7 Å². The van der Waals surface area contributed by atoms with Crippen LogP contribution >= 0.6 is 0 Å². The van der Waals surface area contributed by atoms with Gasteiger partial charge in [-0.15, -0.1) is 0 Å².